The molecule has 0 atom stereocenters. The van der Waals surface area contributed by atoms with E-state index >= 15 is 0 Å². The van der Waals surface area contributed by atoms with E-state index in [2.05, 4.69) is 31.9 Å². The standard InChI is InChI=1S/C13H16BrN3O4/c1-2-15-11(18)5-6-16-13(21)17-10-7-8(12(19)20)3-4-9(10)14/h3-4,7H,2,5-6H2,1H3,(H,15,18)(H,19,20)(H2,16,17,21). The molecule has 0 saturated carbocycles. The molecule has 0 aliphatic heterocycles. The fraction of sp³-hybridized carbons (Fsp3) is 0.308. The summed E-state index contributed by atoms with van der Waals surface area (Å²) in [5.41, 5.74) is 0.404. The summed E-state index contributed by atoms with van der Waals surface area (Å²) >= 11 is 3.22. The zero-order valence-electron chi connectivity index (χ0n) is 11.4. The highest BCUT2D eigenvalue weighted by molar-refractivity contribution is 9.10. The highest BCUT2D eigenvalue weighted by Crippen LogP contribution is 2.23. The number of carbonyl (C=O) groups excluding carboxylic acids is 2. The van der Waals surface area contributed by atoms with Gasteiger partial charge in [-0.2, -0.15) is 0 Å². The number of hydrogen-bond donors (Lipinski definition) is 4. The molecule has 1 rings (SSSR count). The molecule has 0 aliphatic carbocycles. The topological polar surface area (TPSA) is 108 Å². The summed E-state index contributed by atoms with van der Waals surface area (Å²) in [5.74, 6) is -1.23. The van der Waals surface area contributed by atoms with E-state index in [1.54, 1.807) is 0 Å². The van der Waals surface area contributed by atoms with Gasteiger partial charge in [0.25, 0.3) is 0 Å². The van der Waals surface area contributed by atoms with Crippen LogP contribution >= 0.6 is 15.9 Å². The molecule has 21 heavy (non-hydrogen) atoms. The van der Waals surface area contributed by atoms with Gasteiger partial charge in [0.15, 0.2) is 0 Å². The number of nitrogens with one attached hydrogen (secondary N) is 3. The normalized spacial score (nSPS) is 9.81. The minimum absolute atomic E-state index is 0.0656. The van der Waals surface area contributed by atoms with Crippen molar-refractivity contribution in [2.75, 3.05) is 18.4 Å². The van der Waals surface area contributed by atoms with Gasteiger partial charge < -0.3 is 21.1 Å². The lowest BCUT2D eigenvalue weighted by molar-refractivity contribution is -0.120. The molecule has 0 heterocycles. The molecule has 0 spiro atoms. The summed E-state index contributed by atoms with van der Waals surface area (Å²) < 4.78 is 0.561. The van der Waals surface area contributed by atoms with Crippen LogP contribution in [0.3, 0.4) is 0 Å². The number of carboxylic acid groups (broad SMARTS) is 1. The molecule has 3 amide bonds. The monoisotopic (exact) mass is 357 g/mol. The summed E-state index contributed by atoms with van der Waals surface area (Å²) in [6.07, 6.45) is 0.178. The Balaban J connectivity index is 2.53. The molecule has 0 bridgehead atoms. The zero-order valence-corrected chi connectivity index (χ0v) is 13.0. The van der Waals surface area contributed by atoms with Gasteiger partial charge in [0, 0.05) is 24.0 Å². The minimum atomic E-state index is -1.08. The lowest BCUT2D eigenvalue weighted by Gasteiger charge is -2.10. The number of hydrogen-bond acceptors (Lipinski definition) is 3. The predicted molar refractivity (Wildman–Crippen MR) is 81.4 cm³/mol. The van der Waals surface area contributed by atoms with E-state index < -0.39 is 12.0 Å². The van der Waals surface area contributed by atoms with Crippen LogP contribution in [0.2, 0.25) is 0 Å². The molecule has 0 saturated heterocycles. The first-order valence-corrected chi connectivity index (χ1v) is 7.07. The van der Waals surface area contributed by atoms with E-state index in [0.29, 0.717) is 16.7 Å². The molecule has 0 fully saturated rings. The average Bonchev–Trinajstić information content (AvgIpc) is 2.41. The zero-order chi connectivity index (χ0) is 15.8. The van der Waals surface area contributed by atoms with E-state index in [9.17, 15) is 14.4 Å². The van der Waals surface area contributed by atoms with Crippen molar-refractivity contribution in [1.29, 1.82) is 0 Å². The second kappa shape index (κ2) is 8.25. The van der Waals surface area contributed by atoms with Crippen molar-refractivity contribution in [3.05, 3.63) is 28.2 Å². The first kappa shape index (κ1) is 17.0. The largest absolute Gasteiger partial charge is 0.478 e. The number of halogens is 1. The van der Waals surface area contributed by atoms with Crippen LogP contribution in [0.5, 0.6) is 0 Å². The number of aromatic carboxylic acids is 1. The average molecular weight is 358 g/mol. The Morgan fingerprint density at radius 1 is 1.24 bits per heavy atom. The van der Waals surface area contributed by atoms with Crippen LogP contribution in [-0.4, -0.2) is 36.1 Å². The second-order valence-electron chi connectivity index (χ2n) is 4.08. The number of urea groups is 1. The highest BCUT2D eigenvalue weighted by Gasteiger charge is 2.10. The van der Waals surface area contributed by atoms with E-state index in [4.69, 9.17) is 5.11 Å². The molecule has 7 nitrogen and oxygen atoms in total. The van der Waals surface area contributed by atoms with Crippen LogP contribution in [0.4, 0.5) is 10.5 Å². The van der Waals surface area contributed by atoms with Crippen molar-refractivity contribution in [1.82, 2.24) is 10.6 Å². The van der Waals surface area contributed by atoms with Crippen molar-refractivity contribution in [3.8, 4) is 0 Å². The van der Waals surface area contributed by atoms with Gasteiger partial charge in [-0.1, -0.05) is 0 Å². The third-order valence-electron chi connectivity index (χ3n) is 2.47. The molecule has 0 radical (unpaired) electrons. The van der Waals surface area contributed by atoms with Gasteiger partial charge in [-0.05, 0) is 41.1 Å². The molecule has 8 heteroatoms. The third-order valence-corrected chi connectivity index (χ3v) is 3.16. The summed E-state index contributed by atoms with van der Waals surface area (Å²) in [7, 11) is 0. The smallest absolute Gasteiger partial charge is 0.335 e. The molecular formula is C13H16BrN3O4. The molecule has 0 unspecified atom stereocenters. The summed E-state index contributed by atoms with van der Waals surface area (Å²) in [4.78, 5) is 33.7. The maximum Gasteiger partial charge on any atom is 0.335 e. The Bertz CT molecular complexity index is 548. The predicted octanol–water partition coefficient (Wildman–Crippen LogP) is 1.79. The molecule has 1 aromatic rings. The van der Waals surface area contributed by atoms with E-state index in [1.165, 1.54) is 18.2 Å². The quantitative estimate of drug-likeness (QED) is 0.622. The van der Waals surface area contributed by atoms with Crippen LogP contribution in [0, 0.1) is 0 Å². The number of anilines is 1. The third kappa shape index (κ3) is 5.82. The van der Waals surface area contributed by atoms with Crippen LogP contribution in [0.1, 0.15) is 23.7 Å². The SMILES string of the molecule is CCNC(=O)CCNC(=O)Nc1cc(C(=O)O)ccc1Br. The maximum atomic E-state index is 11.7. The van der Waals surface area contributed by atoms with Crippen molar-refractivity contribution in [2.45, 2.75) is 13.3 Å². The Labute approximate surface area is 130 Å². The Morgan fingerprint density at radius 3 is 2.57 bits per heavy atom. The number of rotatable bonds is 6. The lowest BCUT2D eigenvalue weighted by Crippen LogP contribution is -2.33. The maximum absolute atomic E-state index is 11.7. The fourth-order valence-electron chi connectivity index (χ4n) is 1.50. The van der Waals surface area contributed by atoms with Gasteiger partial charge in [-0.15, -0.1) is 0 Å². The van der Waals surface area contributed by atoms with Gasteiger partial charge >= 0.3 is 12.0 Å². The number of carboxylic acids is 1. The van der Waals surface area contributed by atoms with Crippen LogP contribution < -0.4 is 16.0 Å². The summed E-state index contributed by atoms with van der Waals surface area (Å²) in [5, 5.41) is 16.6. The minimum Gasteiger partial charge on any atom is -0.478 e. The first-order chi connectivity index (χ1) is 9.93. The van der Waals surface area contributed by atoms with Gasteiger partial charge in [-0.3, -0.25) is 4.79 Å². The van der Waals surface area contributed by atoms with Gasteiger partial charge in [0.1, 0.15) is 0 Å². The van der Waals surface area contributed by atoms with Gasteiger partial charge in [0.2, 0.25) is 5.91 Å². The van der Waals surface area contributed by atoms with Crippen LogP contribution in [0.15, 0.2) is 22.7 Å². The number of carbonyl (C=O) groups is 3. The molecular weight excluding hydrogens is 342 g/mol. The van der Waals surface area contributed by atoms with Crippen LogP contribution in [0.25, 0.3) is 0 Å². The fourth-order valence-corrected chi connectivity index (χ4v) is 1.84. The Morgan fingerprint density at radius 2 is 1.95 bits per heavy atom. The van der Waals surface area contributed by atoms with Gasteiger partial charge in [0.05, 0.1) is 11.3 Å². The summed E-state index contributed by atoms with van der Waals surface area (Å²) in [6, 6.07) is 3.79. The van der Waals surface area contributed by atoms with E-state index in [1.807, 2.05) is 6.92 Å². The molecule has 0 aliphatic rings. The molecule has 1 aromatic carbocycles. The summed E-state index contributed by atoms with van der Waals surface area (Å²) in [6.45, 7) is 2.54. The number of amides is 3. The Hall–Kier alpha value is -2.09. The second-order valence-corrected chi connectivity index (χ2v) is 4.94. The van der Waals surface area contributed by atoms with E-state index in [0.717, 1.165) is 0 Å². The van der Waals surface area contributed by atoms with Crippen molar-refractivity contribution in [2.24, 2.45) is 0 Å². The van der Waals surface area contributed by atoms with Crippen molar-refractivity contribution < 1.29 is 19.5 Å². The molecule has 4 N–H and O–H groups in total. The number of benzene rings is 1. The lowest BCUT2D eigenvalue weighted by atomic mass is 10.2. The highest BCUT2D eigenvalue weighted by atomic mass is 79.9. The van der Waals surface area contributed by atoms with E-state index in [-0.39, 0.29) is 24.4 Å². The Kier molecular flexibility index (Phi) is 6.67. The molecule has 0 aromatic heterocycles. The van der Waals surface area contributed by atoms with Crippen LogP contribution in [-0.2, 0) is 4.79 Å². The van der Waals surface area contributed by atoms with Gasteiger partial charge in [-0.25, -0.2) is 9.59 Å². The first-order valence-electron chi connectivity index (χ1n) is 6.28. The molecule has 114 valence electrons. The van der Waals surface area contributed by atoms with Crippen molar-refractivity contribution >= 4 is 39.5 Å². The van der Waals surface area contributed by atoms with Crippen molar-refractivity contribution in [3.63, 3.8) is 0 Å².